The van der Waals surface area contributed by atoms with Gasteiger partial charge in [0.1, 0.15) is 11.6 Å². The van der Waals surface area contributed by atoms with Crippen LogP contribution in [-0.4, -0.2) is 35.0 Å². The molecule has 116 valence electrons. The van der Waals surface area contributed by atoms with Crippen LogP contribution in [0.5, 0.6) is 0 Å². The van der Waals surface area contributed by atoms with Crippen LogP contribution in [-0.2, 0) is 9.53 Å². The van der Waals surface area contributed by atoms with Crippen molar-refractivity contribution in [1.82, 2.24) is 4.90 Å². The molecule has 1 amide bonds. The van der Waals surface area contributed by atoms with E-state index >= 15 is 0 Å². The van der Waals surface area contributed by atoms with Gasteiger partial charge in [0, 0.05) is 11.0 Å². The van der Waals surface area contributed by atoms with Crippen LogP contribution in [0.3, 0.4) is 0 Å². The maximum atomic E-state index is 12.6. The highest BCUT2D eigenvalue weighted by molar-refractivity contribution is 9.13. The van der Waals surface area contributed by atoms with Crippen LogP contribution >= 0.6 is 43.2 Å². The highest BCUT2D eigenvalue weighted by atomic mass is 79.9. The van der Waals surface area contributed by atoms with Gasteiger partial charge in [-0.1, -0.05) is 0 Å². The second kappa shape index (κ2) is 6.38. The standard InChI is InChI=1S/C14H17Br2NO3S/c1-14(2,3)20-13(19)9-5-4-6-17(9)12(18)10-7-8(15)11(16)21-10/h7,9H,4-6H2,1-3H3/t9-/m0/s1. The van der Waals surface area contributed by atoms with Crippen molar-refractivity contribution < 1.29 is 14.3 Å². The van der Waals surface area contributed by atoms with Crippen molar-refractivity contribution >= 4 is 55.1 Å². The molecule has 7 heteroatoms. The Labute approximate surface area is 145 Å². The van der Waals surface area contributed by atoms with E-state index in [1.54, 1.807) is 11.0 Å². The fourth-order valence-corrected chi connectivity index (χ4v) is 4.21. The van der Waals surface area contributed by atoms with Crippen LogP contribution in [0.1, 0.15) is 43.3 Å². The van der Waals surface area contributed by atoms with Gasteiger partial charge in [0.15, 0.2) is 0 Å². The number of esters is 1. The van der Waals surface area contributed by atoms with Crippen molar-refractivity contribution in [2.75, 3.05) is 6.54 Å². The minimum Gasteiger partial charge on any atom is -0.458 e. The van der Waals surface area contributed by atoms with Gasteiger partial charge in [-0.05, 0) is 71.5 Å². The molecule has 2 heterocycles. The van der Waals surface area contributed by atoms with Gasteiger partial charge in [-0.25, -0.2) is 4.79 Å². The molecule has 4 nitrogen and oxygen atoms in total. The van der Waals surface area contributed by atoms with E-state index in [1.807, 2.05) is 20.8 Å². The molecule has 0 N–H and O–H groups in total. The van der Waals surface area contributed by atoms with Crippen molar-refractivity contribution in [2.45, 2.75) is 45.3 Å². The van der Waals surface area contributed by atoms with Crippen molar-refractivity contribution in [1.29, 1.82) is 0 Å². The average Bonchev–Trinajstić information content (AvgIpc) is 2.94. The van der Waals surface area contributed by atoms with Crippen molar-refractivity contribution in [3.8, 4) is 0 Å². The van der Waals surface area contributed by atoms with Crippen molar-refractivity contribution in [3.05, 3.63) is 19.2 Å². The number of likely N-dealkylation sites (tertiary alicyclic amines) is 1. The zero-order valence-corrected chi connectivity index (χ0v) is 16.1. The molecule has 0 aromatic carbocycles. The lowest BCUT2D eigenvalue weighted by molar-refractivity contribution is -0.159. The minimum absolute atomic E-state index is 0.111. The van der Waals surface area contributed by atoms with Gasteiger partial charge in [-0.3, -0.25) is 4.79 Å². The summed E-state index contributed by atoms with van der Waals surface area (Å²) in [7, 11) is 0. The molecule has 1 aromatic heterocycles. The average molecular weight is 439 g/mol. The topological polar surface area (TPSA) is 46.6 Å². The number of rotatable bonds is 2. The Kier molecular flexibility index (Phi) is 5.15. The Morgan fingerprint density at radius 2 is 2.05 bits per heavy atom. The summed E-state index contributed by atoms with van der Waals surface area (Å²) < 4.78 is 7.14. The molecule has 1 aromatic rings. The number of halogens is 2. The Morgan fingerprint density at radius 1 is 1.38 bits per heavy atom. The van der Waals surface area contributed by atoms with E-state index in [9.17, 15) is 9.59 Å². The lowest BCUT2D eigenvalue weighted by Crippen LogP contribution is -2.43. The first kappa shape index (κ1) is 17.0. The quantitative estimate of drug-likeness (QED) is 0.649. The third-order valence-corrected chi connectivity index (χ3v) is 6.29. The number of hydrogen-bond acceptors (Lipinski definition) is 4. The normalized spacial score (nSPS) is 18.9. The maximum absolute atomic E-state index is 12.6. The second-order valence-electron chi connectivity index (χ2n) is 5.92. The van der Waals surface area contributed by atoms with Gasteiger partial charge < -0.3 is 9.64 Å². The fraction of sp³-hybridized carbons (Fsp3) is 0.571. The molecule has 0 bridgehead atoms. The third-order valence-electron chi connectivity index (χ3n) is 3.05. The van der Waals surface area contributed by atoms with E-state index < -0.39 is 11.6 Å². The summed E-state index contributed by atoms with van der Waals surface area (Å²) in [6.07, 6.45) is 1.48. The number of thiophene rings is 1. The first-order valence-electron chi connectivity index (χ1n) is 6.68. The van der Waals surface area contributed by atoms with Gasteiger partial charge in [0.25, 0.3) is 5.91 Å². The van der Waals surface area contributed by atoms with E-state index in [-0.39, 0.29) is 11.9 Å². The Bertz CT molecular complexity index is 546. The Balaban J connectivity index is 2.14. The van der Waals surface area contributed by atoms with Gasteiger partial charge in [-0.15, -0.1) is 11.3 Å². The predicted molar refractivity (Wildman–Crippen MR) is 89.6 cm³/mol. The number of carbonyl (C=O) groups is 2. The summed E-state index contributed by atoms with van der Waals surface area (Å²) in [6, 6.07) is 1.30. The van der Waals surface area contributed by atoms with Gasteiger partial charge in [0.05, 0.1) is 8.66 Å². The molecular weight excluding hydrogens is 422 g/mol. The molecule has 1 fully saturated rings. The smallest absolute Gasteiger partial charge is 0.329 e. The summed E-state index contributed by atoms with van der Waals surface area (Å²) in [5.74, 6) is -0.428. The first-order valence-corrected chi connectivity index (χ1v) is 9.08. The third kappa shape index (κ3) is 4.07. The molecule has 1 saturated heterocycles. The highest BCUT2D eigenvalue weighted by Gasteiger charge is 2.37. The molecule has 1 aliphatic rings. The molecule has 0 radical (unpaired) electrons. The van der Waals surface area contributed by atoms with Crippen LogP contribution in [0.15, 0.2) is 14.3 Å². The maximum Gasteiger partial charge on any atom is 0.329 e. The van der Waals surface area contributed by atoms with Crippen LogP contribution in [0.4, 0.5) is 0 Å². The summed E-state index contributed by atoms with van der Waals surface area (Å²) >= 11 is 8.13. The van der Waals surface area contributed by atoms with Crippen LogP contribution < -0.4 is 0 Å². The van der Waals surface area contributed by atoms with E-state index in [0.717, 1.165) is 14.7 Å². The van der Waals surface area contributed by atoms with Crippen molar-refractivity contribution in [3.63, 3.8) is 0 Å². The van der Waals surface area contributed by atoms with Crippen LogP contribution in [0.25, 0.3) is 0 Å². The summed E-state index contributed by atoms with van der Waals surface area (Å²) in [6.45, 7) is 6.09. The molecule has 0 unspecified atom stereocenters. The number of ether oxygens (including phenoxy) is 1. The minimum atomic E-state index is -0.538. The molecule has 1 aliphatic heterocycles. The summed E-state index contributed by atoms with van der Waals surface area (Å²) in [5, 5.41) is 0. The van der Waals surface area contributed by atoms with Crippen LogP contribution in [0.2, 0.25) is 0 Å². The van der Waals surface area contributed by atoms with Gasteiger partial charge in [-0.2, -0.15) is 0 Å². The number of carbonyl (C=O) groups excluding carboxylic acids is 2. The Morgan fingerprint density at radius 3 is 2.57 bits per heavy atom. The van der Waals surface area contributed by atoms with E-state index in [1.165, 1.54) is 11.3 Å². The monoisotopic (exact) mass is 437 g/mol. The van der Waals surface area contributed by atoms with Gasteiger partial charge >= 0.3 is 5.97 Å². The van der Waals surface area contributed by atoms with E-state index in [4.69, 9.17) is 4.74 Å². The van der Waals surface area contributed by atoms with Gasteiger partial charge in [0.2, 0.25) is 0 Å². The molecule has 1 atom stereocenters. The zero-order valence-electron chi connectivity index (χ0n) is 12.1. The van der Waals surface area contributed by atoms with E-state index in [2.05, 4.69) is 31.9 Å². The number of amides is 1. The first-order chi connectivity index (χ1) is 9.69. The molecule has 0 saturated carbocycles. The Hall–Kier alpha value is -0.400. The van der Waals surface area contributed by atoms with E-state index in [0.29, 0.717) is 17.8 Å². The molecule has 0 aliphatic carbocycles. The number of hydrogen-bond donors (Lipinski definition) is 0. The number of nitrogens with zero attached hydrogens (tertiary/aromatic N) is 1. The predicted octanol–water partition coefficient (Wildman–Crippen LogP) is 4.22. The molecule has 21 heavy (non-hydrogen) atoms. The zero-order chi connectivity index (χ0) is 15.8. The lowest BCUT2D eigenvalue weighted by atomic mass is 10.1. The fourth-order valence-electron chi connectivity index (χ4n) is 2.22. The molecular formula is C14H17Br2NO3S. The van der Waals surface area contributed by atoms with Crippen LogP contribution in [0, 0.1) is 0 Å². The summed E-state index contributed by atoms with van der Waals surface area (Å²) in [5.41, 5.74) is -0.538. The van der Waals surface area contributed by atoms with Crippen molar-refractivity contribution in [2.24, 2.45) is 0 Å². The SMILES string of the molecule is CC(C)(C)OC(=O)[C@@H]1CCCN1C(=O)c1cc(Br)c(Br)s1. The molecule has 0 spiro atoms. The lowest BCUT2D eigenvalue weighted by Gasteiger charge is -2.27. The highest BCUT2D eigenvalue weighted by Crippen LogP contribution is 2.34. The largest absolute Gasteiger partial charge is 0.458 e. The molecule has 2 rings (SSSR count). The summed E-state index contributed by atoms with van der Waals surface area (Å²) in [4.78, 5) is 27.1. The second-order valence-corrected chi connectivity index (χ2v) is 9.15.